The summed E-state index contributed by atoms with van der Waals surface area (Å²) in [4.78, 5) is 30.8. The lowest BCUT2D eigenvalue weighted by Gasteiger charge is -2.34. The predicted molar refractivity (Wildman–Crippen MR) is 131 cm³/mol. The number of nitrogens with zero attached hydrogens (tertiary/aromatic N) is 7. The van der Waals surface area contributed by atoms with Gasteiger partial charge in [0.25, 0.3) is 0 Å². The second-order valence-corrected chi connectivity index (χ2v) is 9.80. The van der Waals surface area contributed by atoms with E-state index >= 15 is 0 Å². The fourth-order valence-electron chi connectivity index (χ4n) is 5.19. The summed E-state index contributed by atoms with van der Waals surface area (Å²) in [7, 11) is 0. The van der Waals surface area contributed by atoms with Crippen LogP contribution in [0.2, 0.25) is 0 Å². The minimum Gasteiger partial charge on any atom is -0.338 e. The molecule has 2 aliphatic rings. The standard InChI is InChI=1S/C26H32FN7O/c1-18-5-3-6-21(15-18)25-30-24(20-7-8-22(27)19(2)16-20)31-34(25)17-23(35)32-11-13-33(14-12-32)26-28-9-4-10-29-26/h4,7-10,16,18,21H,3,5-6,11-15,17H2,1-2H3. The van der Waals surface area contributed by atoms with E-state index in [4.69, 9.17) is 10.1 Å². The summed E-state index contributed by atoms with van der Waals surface area (Å²) >= 11 is 0. The van der Waals surface area contributed by atoms with E-state index < -0.39 is 0 Å². The van der Waals surface area contributed by atoms with Crippen molar-refractivity contribution in [1.82, 2.24) is 29.6 Å². The molecule has 8 nitrogen and oxygen atoms in total. The number of aromatic nitrogens is 5. The summed E-state index contributed by atoms with van der Waals surface area (Å²) in [5.41, 5.74) is 1.33. The molecule has 2 aromatic heterocycles. The Balaban J connectivity index is 1.34. The predicted octanol–water partition coefficient (Wildman–Crippen LogP) is 3.83. The van der Waals surface area contributed by atoms with E-state index in [9.17, 15) is 9.18 Å². The van der Waals surface area contributed by atoms with Gasteiger partial charge >= 0.3 is 0 Å². The molecular weight excluding hydrogens is 445 g/mol. The summed E-state index contributed by atoms with van der Waals surface area (Å²) in [6.07, 6.45) is 7.94. The first-order valence-electron chi connectivity index (χ1n) is 12.5. The van der Waals surface area contributed by atoms with Gasteiger partial charge in [-0.2, -0.15) is 5.10 Å². The van der Waals surface area contributed by atoms with Crippen molar-refractivity contribution in [2.24, 2.45) is 5.92 Å². The number of piperazine rings is 1. The van der Waals surface area contributed by atoms with Crippen molar-refractivity contribution in [3.63, 3.8) is 0 Å². The minimum atomic E-state index is -0.246. The maximum absolute atomic E-state index is 13.8. The van der Waals surface area contributed by atoms with Crippen LogP contribution in [-0.2, 0) is 11.3 Å². The quantitative estimate of drug-likeness (QED) is 0.556. The number of carbonyl (C=O) groups is 1. The van der Waals surface area contributed by atoms with Crippen LogP contribution >= 0.6 is 0 Å². The van der Waals surface area contributed by atoms with Gasteiger partial charge in [-0.05, 0) is 55.5 Å². The van der Waals surface area contributed by atoms with E-state index in [2.05, 4.69) is 21.8 Å². The second-order valence-electron chi connectivity index (χ2n) is 9.80. The molecule has 184 valence electrons. The van der Waals surface area contributed by atoms with Gasteiger partial charge in [0.05, 0.1) is 0 Å². The molecule has 1 aromatic carbocycles. The van der Waals surface area contributed by atoms with Crippen molar-refractivity contribution in [3.05, 3.63) is 53.9 Å². The Kier molecular flexibility index (Phi) is 6.74. The van der Waals surface area contributed by atoms with Crippen molar-refractivity contribution in [2.45, 2.75) is 52.0 Å². The van der Waals surface area contributed by atoms with Crippen molar-refractivity contribution < 1.29 is 9.18 Å². The topological polar surface area (TPSA) is 80.0 Å². The number of amides is 1. The monoisotopic (exact) mass is 477 g/mol. The first-order valence-corrected chi connectivity index (χ1v) is 12.5. The average molecular weight is 478 g/mol. The maximum atomic E-state index is 13.8. The Morgan fingerprint density at radius 3 is 2.60 bits per heavy atom. The lowest BCUT2D eigenvalue weighted by Crippen LogP contribution is -2.50. The van der Waals surface area contributed by atoms with Crippen LogP contribution in [0, 0.1) is 18.7 Å². The highest BCUT2D eigenvalue weighted by molar-refractivity contribution is 5.76. The Hall–Kier alpha value is -3.36. The number of hydrogen-bond acceptors (Lipinski definition) is 6. The van der Waals surface area contributed by atoms with E-state index in [1.54, 1.807) is 42.2 Å². The van der Waals surface area contributed by atoms with Crippen molar-refractivity contribution in [3.8, 4) is 11.4 Å². The third-order valence-electron chi connectivity index (χ3n) is 7.17. The molecule has 3 aromatic rings. The van der Waals surface area contributed by atoms with Crippen LogP contribution in [0.15, 0.2) is 36.7 Å². The Bertz CT molecular complexity index is 1170. The average Bonchev–Trinajstić information content (AvgIpc) is 3.30. The van der Waals surface area contributed by atoms with Crippen LogP contribution in [0.5, 0.6) is 0 Å². The maximum Gasteiger partial charge on any atom is 0.244 e. The zero-order valence-electron chi connectivity index (χ0n) is 20.4. The Labute approximate surface area is 205 Å². The van der Waals surface area contributed by atoms with E-state index in [0.29, 0.717) is 49.4 Å². The molecule has 0 radical (unpaired) electrons. The lowest BCUT2D eigenvalue weighted by atomic mass is 9.82. The number of halogens is 1. The molecule has 0 bridgehead atoms. The van der Waals surface area contributed by atoms with E-state index in [0.717, 1.165) is 30.7 Å². The fourth-order valence-corrected chi connectivity index (χ4v) is 5.19. The van der Waals surface area contributed by atoms with Gasteiger partial charge in [0, 0.05) is 50.1 Å². The third kappa shape index (κ3) is 5.18. The van der Waals surface area contributed by atoms with E-state index in [1.807, 2.05) is 4.90 Å². The summed E-state index contributed by atoms with van der Waals surface area (Å²) in [6, 6.07) is 6.74. The van der Waals surface area contributed by atoms with Crippen LogP contribution in [0.4, 0.5) is 10.3 Å². The summed E-state index contributed by atoms with van der Waals surface area (Å²) in [5, 5.41) is 4.75. The van der Waals surface area contributed by atoms with Gasteiger partial charge in [0.15, 0.2) is 5.82 Å². The molecule has 2 atom stereocenters. The molecule has 2 unspecified atom stereocenters. The molecule has 35 heavy (non-hydrogen) atoms. The number of carbonyl (C=O) groups excluding carboxylic acids is 1. The van der Waals surface area contributed by atoms with Gasteiger partial charge in [-0.15, -0.1) is 0 Å². The van der Waals surface area contributed by atoms with Gasteiger partial charge in [-0.25, -0.2) is 24.0 Å². The second kappa shape index (κ2) is 10.1. The Morgan fingerprint density at radius 1 is 1.11 bits per heavy atom. The van der Waals surface area contributed by atoms with Crippen molar-refractivity contribution >= 4 is 11.9 Å². The molecule has 1 aliphatic heterocycles. The van der Waals surface area contributed by atoms with Crippen LogP contribution in [0.3, 0.4) is 0 Å². The number of anilines is 1. The Morgan fingerprint density at radius 2 is 1.89 bits per heavy atom. The third-order valence-corrected chi connectivity index (χ3v) is 7.17. The molecular formula is C26H32FN7O. The summed E-state index contributed by atoms with van der Waals surface area (Å²) < 4.78 is 15.6. The normalized spacial score (nSPS) is 20.8. The van der Waals surface area contributed by atoms with Crippen molar-refractivity contribution in [2.75, 3.05) is 31.1 Å². The van der Waals surface area contributed by atoms with Crippen molar-refractivity contribution in [1.29, 1.82) is 0 Å². The molecule has 3 heterocycles. The van der Waals surface area contributed by atoms with Gasteiger partial charge in [-0.3, -0.25) is 4.79 Å². The van der Waals surface area contributed by atoms with Crippen LogP contribution in [-0.4, -0.2) is 61.7 Å². The first-order chi connectivity index (χ1) is 17.0. The van der Waals surface area contributed by atoms with Gasteiger partial charge in [-0.1, -0.05) is 19.8 Å². The number of rotatable bonds is 5. The molecule has 9 heteroatoms. The highest BCUT2D eigenvalue weighted by atomic mass is 19.1. The van der Waals surface area contributed by atoms with Gasteiger partial charge < -0.3 is 9.80 Å². The largest absolute Gasteiger partial charge is 0.338 e. The molecule has 2 fully saturated rings. The SMILES string of the molecule is Cc1cc(-c2nc(C3CCCC(C)C3)n(CC(=O)N3CCN(c4ncccn4)CC3)n2)ccc1F. The highest BCUT2D eigenvalue weighted by Crippen LogP contribution is 2.36. The molecule has 1 saturated carbocycles. The molecule has 0 N–H and O–H groups in total. The molecule has 5 rings (SSSR count). The number of aryl methyl sites for hydroxylation is 1. The summed E-state index contributed by atoms with van der Waals surface area (Å²) in [5.74, 6) is 2.82. The molecule has 1 amide bonds. The number of hydrogen-bond donors (Lipinski definition) is 0. The highest BCUT2D eigenvalue weighted by Gasteiger charge is 2.29. The molecule has 1 aliphatic carbocycles. The zero-order chi connectivity index (χ0) is 24.4. The van der Waals surface area contributed by atoms with Crippen LogP contribution < -0.4 is 4.90 Å². The first kappa shape index (κ1) is 23.4. The molecule has 0 spiro atoms. The van der Waals surface area contributed by atoms with Crippen LogP contribution in [0.25, 0.3) is 11.4 Å². The smallest absolute Gasteiger partial charge is 0.244 e. The van der Waals surface area contributed by atoms with Gasteiger partial charge in [0.2, 0.25) is 11.9 Å². The minimum absolute atomic E-state index is 0.0375. The molecule has 1 saturated heterocycles. The van der Waals surface area contributed by atoms with Crippen LogP contribution in [0.1, 0.15) is 49.9 Å². The lowest BCUT2D eigenvalue weighted by molar-refractivity contribution is -0.132. The van der Waals surface area contributed by atoms with E-state index in [-0.39, 0.29) is 24.2 Å². The summed E-state index contributed by atoms with van der Waals surface area (Å²) in [6.45, 7) is 6.80. The van der Waals surface area contributed by atoms with E-state index in [1.165, 1.54) is 12.5 Å². The fraction of sp³-hybridized carbons (Fsp3) is 0.500. The van der Waals surface area contributed by atoms with Gasteiger partial charge in [0.1, 0.15) is 18.2 Å². The number of benzene rings is 1. The zero-order valence-corrected chi connectivity index (χ0v) is 20.4.